The van der Waals surface area contributed by atoms with E-state index in [2.05, 4.69) is 26.2 Å². The highest BCUT2D eigenvalue weighted by Crippen LogP contribution is 2.21. The fourth-order valence-electron chi connectivity index (χ4n) is 2.69. The van der Waals surface area contributed by atoms with Gasteiger partial charge in [0.05, 0.1) is 29.8 Å². The van der Waals surface area contributed by atoms with Crippen LogP contribution in [0, 0.1) is 6.92 Å². The Morgan fingerprint density at radius 1 is 1.29 bits per heavy atom. The van der Waals surface area contributed by atoms with Gasteiger partial charge in [0.25, 0.3) is 5.56 Å². The number of nitrogens with zero attached hydrogens (tertiary/aromatic N) is 2. The van der Waals surface area contributed by atoms with Crippen molar-refractivity contribution in [2.24, 2.45) is 0 Å². The van der Waals surface area contributed by atoms with Gasteiger partial charge >= 0.3 is 0 Å². The molecule has 3 aromatic rings. The molecular weight excluding hydrogens is 442 g/mol. The number of ether oxygens (including phenoxy) is 1. The molecule has 1 aromatic heterocycles. The number of nitrogens with one attached hydrogen (secondary N) is 1. The molecule has 0 fully saturated rings. The predicted octanol–water partition coefficient (Wildman–Crippen LogP) is 3.84. The zero-order valence-corrected chi connectivity index (χ0v) is 18.0. The first-order valence-corrected chi connectivity index (χ1v) is 10.4. The van der Waals surface area contributed by atoms with Crippen LogP contribution in [0.3, 0.4) is 0 Å². The molecule has 2 aromatic carbocycles. The molecule has 146 valence electrons. The minimum atomic E-state index is -0.160. The first-order chi connectivity index (χ1) is 13.5. The number of hydrogen-bond donors (Lipinski definition) is 1. The molecule has 0 saturated heterocycles. The lowest BCUT2D eigenvalue weighted by Gasteiger charge is -2.13. The molecule has 0 aliphatic carbocycles. The maximum atomic E-state index is 12.8. The quantitative estimate of drug-likeness (QED) is 0.427. The van der Waals surface area contributed by atoms with Crippen LogP contribution in [0.15, 0.2) is 56.9 Å². The van der Waals surface area contributed by atoms with Gasteiger partial charge in [-0.2, -0.15) is 0 Å². The lowest BCUT2D eigenvalue weighted by molar-refractivity contribution is -0.113. The Balaban J connectivity index is 1.79. The fourth-order valence-corrected chi connectivity index (χ4v) is 3.76. The molecule has 0 saturated carbocycles. The summed E-state index contributed by atoms with van der Waals surface area (Å²) in [5.41, 5.74) is 2.26. The highest BCUT2D eigenvalue weighted by molar-refractivity contribution is 9.10. The maximum Gasteiger partial charge on any atom is 0.262 e. The minimum Gasteiger partial charge on any atom is -0.383 e. The third-order valence-electron chi connectivity index (χ3n) is 4.12. The van der Waals surface area contributed by atoms with Gasteiger partial charge in [-0.15, -0.1) is 0 Å². The number of thioether (sulfide) groups is 1. The van der Waals surface area contributed by atoms with E-state index < -0.39 is 0 Å². The van der Waals surface area contributed by atoms with E-state index in [9.17, 15) is 9.59 Å². The van der Waals surface area contributed by atoms with E-state index in [4.69, 9.17) is 4.74 Å². The van der Waals surface area contributed by atoms with Crippen molar-refractivity contribution in [1.82, 2.24) is 9.55 Å². The molecule has 1 N–H and O–H groups in total. The Labute approximate surface area is 175 Å². The lowest BCUT2D eigenvalue weighted by Crippen LogP contribution is -2.26. The van der Waals surface area contributed by atoms with Crippen LogP contribution in [0.5, 0.6) is 0 Å². The van der Waals surface area contributed by atoms with Gasteiger partial charge in [-0.05, 0) is 42.8 Å². The molecule has 8 heteroatoms. The minimum absolute atomic E-state index is 0.130. The second kappa shape index (κ2) is 9.36. The van der Waals surface area contributed by atoms with Crippen molar-refractivity contribution in [3.8, 4) is 0 Å². The van der Waals surface area contributed by atoms with Gasteiger partial charge in [-0.1, -0.05) is 39.8 Å². The highest BCUT2D eigenvalue weighted by Gasteiger charge is 2.13. The van der Waals surface area contributed by atoms with Crippen LogP contribution < -0.4 is 10.9 Å². The van der Waals surface area contributed by atoms with E-state index >= 15 is 0 Å². The van der Waals surface area contributed by atoms with Crippen molar-refractivity contribution in [2.45, 2.75) is 18.6 Å². The van der Waals surface area contributed by atoms with Crippen LogP contribution in [-0.2, 0) is 16.1 Å². The molecule has 3 rings (SSSR count). The number of fused-ring (bicyclic) bond motifs is 1. The van der Waals surface area contributed by atoms with Gasteiger partial charge < -0.3 is 10.1 Å². The number of aromatic nitrogens is 2. The summed E-state index contributed by atoms with van der Waals surface area (Å²) in [7, 11) is 1.58. The van der Waals surface area contributed by atoms with Crippen LogP contribution in [-0.4, -0.2) is 34.9 Å². The number of halogens is 1. The molecule has 0 radical (unpaired) electrons. The number of hydrogen-bond acceptors (Lipinski definition) is 5. The molecule has 1 heterocycles. The van der Waals surface area contributed by atoms with E-state index in [0.29, 0.717) is 29.2 Å². The number of amides is 1. The standard InChI is InChI=1S/C20H20BrN3O3S/c1-13-11-14(7-8-16(13)21)22-18(25)12-28-20-23-17-6-4-3-5-15(17)19(26)24(20)9-10-27-2/h3-8,11H,9-10,12H2,1-2H3,(H,22,25). The van der Waals surface area contributed by atoms with Crippen molar-refractivity contribution in [3.05, 3.63) is 62.9 Å². The molecule has 28 heavy (non-hydrogen) atoms. The summed E-state index contributed by atoms with van der Waals surface area (Å²) in [6.07, 6.45) is 0. The lowest BCUT2D eigenvalue weighted by atomic mass is 10.2. The van der Waals surface area contributed by atoms with Crippen LogP contribution in [0.4, 0.5) is 5.69 Å². The van der Waals surface area contributed by atoms with Gasteiger partial charge in [-0.3, -0.25) is 14.2 Å². The number of carbonyl (C=O) groups is 1. The molecule has 0 spiro atoms. The van der Waals surface area contributed by atoms with E-state index in [0.717, 1.165) is 15.7 Å². The third-order valence-corrected chi connectivity index (χ3v) is 5.99. The number of benzene rings is 2. The van der Waals surface area contributed by atoms with Crippen LogP contribution in [0.2, 0.25) is 0 Å². The largest absolute Gasteiger partial charge is 0.383 e. The molecule has 0 aliphatic heterocycles. The van der Waals surface area contributed by atoms with Gasteiger partial charge in [-0.25, -0.2) is 4.98 Å². The van der Waals surface area contributed by atoms with Crippen molar-refractivity contribution in [3.63, 3.8) is 0 Å². The predicted molar refractivity (Wildman–Crippen MR) is 116 cm³/mol. The summed E-state index contributed by atoms with van der Waals surface area (Å²) in [5.74, 6) is -0.0141. The van der Waals surface area contributed by atoms with E-state index in [1.165, 1.54) is 11.8 Å². The van der Waals surface area contributed by atoms with Crippen molar-refractivity contribution < 1.29 is 9.53 Å². The summed E-state index contributed by atoms with van der Waals surface area (Å²) >= 11 is 4.68. The molecular formula is C20H20BrN3O3S. The smallest absolute Gasteiger partial charge is 0.262 e. The number of rotatable bonds is 7. The van der Waals surface area contributed by atoms with Gasteiger partial charge in [0, 0.05) is 17.3 Å². The average molecular weight is 462 g/mol. The highest BCUT2D eigenvalue weighted by atomic mass is 79.9. The number of aryl methyl sites for hydroxylation is 1. The zero-order valence-electron chi connectivity index (χ0n) is 15.6. The van der Waals surface area contributed by atoms with E-state index in [1.54, 1.807) is 23.8 Å². The van der Waals surface area contributed by atoms with Crippen molar-refractivity contribution in [2.75, 3.05) is 24.8 Å². The Bertz CT molecular complexity index is 1070. The molecule has 1 amide bonds. The Kier molecular flexibility index (Phi) is 6.88. The second-order valence-corrected chi connectivity index (χ2v) is 7.96. The number of methoxy groups -OCH3 is 1. The Morgan fingerprint density at radius 3 is 2.82 bits per heavy atom. The van der Waals surface area contributed by atoms with Crippen molar-refractivity contribution >= 4 is 50.2 Å². The molecule has 0 bridgehead atoms. The summed E-state index contributed by atoms with van der Waals surface area (Å²) < 4.78 is 7.66. The van der Waals surface area contributed by atoms with Gasteiger partial charge in [0.2, 0.25) is 5.91 Å². The number of para-hydroxylation sites is 1. The number of anilines is 1. The zero-order chi connectivity index (χ0) is 20.1. The Hall–Kier alpha value is -2.16. The first-order valence-electron chi connectivity index (χ1n) is 8.67. The summed E-state index contributed by atoms with van der Waals surface area (Å²) in [6.45, 7) is 2.73. The van der Waals surface area contributed by atoms with Crippen LogP contribution in [0.1, 0.15) is 5.56 Å². The van der Waals surface area contributed by atoms with Crippen molar-refractivity contribution in [1.29, 1.82) is 0 Å². The maximum absolute atomic E-state index is 12.8. The summed E-state index contributed by atoms with van der Waals surface area (Å²) in [5, 5.41) is 3.93. The molecule has 0 atom stereocenters. The normalized spacial score (nSPS) is 11.0. The fraction of sp³-hybridized carbons (Fsp3) is 0.250. The first kappa shape index (κ1) is 20.6. The van der Waals surface area contributed by atoms with Crippen LogP contribution in [0.25, 0.3) is 10.9 Å². The summed E-state index contributed by atoms with van der Waals surface area (Å²) in [6, 6.07) is 12.8. The average Bonchev–Trinajstić information content (AvgIpc) is 2.69. The second-order valence-electron chi connectivity index (χ2n) is 6.16. The van der Waals surface area contributed by atoms with E-state index in [-0.39, 0.29) is 17.2 Å². The number of carbonyl (C=O) groups excluding carboxylic acids is 1. The third kappa shape index (κ3) is 4.81. The molecule has 6 nitrogen and oxygen atoms in total. The molecule has 0 unspecified atom stereocenters. The van der Waals surface area contributed by atoms with Gasteiger partial charge in [0.1, 0.15) is 0 Å². The summed E-state index contributed by atoms with van der Waals surface area (Å²) in [4.78, 5) is 29.8. The monoisotopic (exact) mass is 461 g/mol. The van der Waals surface area contributed by atoms with Gasteiger partial charge in [0.15, 0.2) is 5.16 Å². The van der Waals surface area contributed by atoms with Crippen LogP contribution >= 0.6 is 27.7 Å². The molecule has 0 aliphatic rings. The van der Waals surface area contributed by atoms with E-state index in [1.807, 2.05) is 37.3 Å². The Morgan fingerprint density at radius 2 is 2.07 bits per heavy atom. The topological polar surface area (TPSA) is 73.2 Å². The SMILES string of the molecule is COCCn1c(SCC(=O)Nc2ccc(Br)c(C)c2)nc2ccccc2c1=O.